The number of benzene rings is 1. The van der Waals surface area contributed by atoms with Gasteiger partial charge in [0, 0.05) is 14.1 Å². The molecule has 0 spiro atoms. The molecule has 0 aliphatic carbocycles. The van der Waals surface area contributed by atoms with Gasteiger partial charge in [0.15, 0.2) is 0 Å². The van der Waals surface area contributed by atoms with Crippen LogP contribution < -0.4 is 0 Å². The molecular weight excluding hydrogens is 526 g/mol. The van der Waals surface area contributed by atoms with Crippen LogP contribution in [0, 0.1) is 11.8 Å². The quantitative estimate of drug-likeness (QED) is 0.258. The Morgan fingerprint density at radius 2 is 1.35 bits per heavy atom. The van der Waals surface area contributed by atoms with Crippen LogP contribution in [0.25, 0.3) is 0 Å². The first-order chi connectivity index (χ1) is 15.9. The molecule has 34 heavy (non-hydrogen) atoms. The van der Waals surface area contributed by atoms with Crippen LogP contribution in [-0.2, 0) is 25.7 Å². The lowest BCUT2D eigenvalue weighted by molar-refractivity contribution is -0.154. The average molecular weight is 558 g/mol. The molecule has 0 heterocycles. The number of alkyl halides is 4. The van der Waals surface area contributed by atoms with Gasteiger partial charge in [-0.1, -0.05) is 44.2 Å². The molecule has 7 nitrogen and oxygen atoms in total. The Morgan fingerprint density at radius 3 is 1.82 bits per heavy atom. The zero-order valence-corrected chi connectivity index (χ0v) is 22.9. The van der Waals surface area contributed by atoms with E-state index in [0.717, 1.165) is 5.56 Å². The first-order valence-electron chi connectivity index (χ1n) is 10.7. The SMILES string of the molecule is COC(=O)[C@H](C[C@H](C)C(Cl)Cl)N(C)C(=O)[C@H](C[C@H](C)C(Cl)Cl)N(C)C(=O)OCc1ccccc1. The lowest BCUT2D eigenvalue weighted by Gasteiger charge is -2.35. The van der Waals surface area contributed by atoms with Crippen LogP contribution in [0.4, 0.5) is 4.79 Å². The van der Waals surface area contributed by atoms with E-state index in [1.807, 2.05) is 30.3 Å². The van der Waals surface area contributed by atoms with Gasteiger partial charge >= 0.3 is 12.1 Å². The fourth-order valence-corrected chi connectivity index (χ4v) is 3.63. The number of esters is 1. The van der Waals surface area contributed by atoms with Crippen LogP contribution in [0.3, 0.4) is 0 Å². The maximum Gasteiger partial charge on any atom is 0.410 e. The van der Waals surface area contributed by atoms with E-state index in [1.165, 1.54) is 31.0 Å². The molecule has 0 fully saturated rings. The Hall–Kier alpha value is -1.41. The molecule has 4 atom stereocenters. The summed E-state index contributed by atoms with van der Waals surface area (Å²) in [6, 6.07) is 7.21. The fourth-order valence-electron chi connectivity index (χ4n) is 3.22. The number of amides is 2. The highest BCUT2D eigenvalue weighted by atomic mass is 35.5. The van der Waals surface area contributed by atoms with E-state index in [4.69, 9.17) is 55.9 Å². The molecule has 0 unspecified atom stereocenters. The smallest absolute Gasteiger partial charge is 0.410 e. The van der Waals surface area contributed by atoms with E-state index in [1.54, 1.807) is 13.8 Å². The van der Waals surface area contributed by atoms with Crippen LogP contribution >= 0.6 is 46.4 Å². The van der Waals surface area contributed by atoms with E-state index in [0.29, 0.717) is 0 Å². The monoisotopic (exact) mass is 556 g/mol. The predicted molar refractivity (Wildman–Crippen MR) is 135 cm³/mol. The third kappa shape index (κ3) is 9.33. The summed E-state index contributed by atoms with van der Waals surface area (Å²) in [7, 11) is 4.15. The molecule has 0 bridgehead atoms. The molecule has 0 aliphatic rings. The van der Waals surface area contributed by atoms with Crippen molar-refractivity contribution in [1.29, 1.82) is 0 Å². The molecule has 11 heteroatoms. The van der Waals surface area contributed by atoms with Crippen LogP contribution in [-0.4, -0.2) is 70.7 Å². The summed E-state index contributed by atoms with van der Waals surface area (Å²) in [6.45, 7) is 3.57. The van der Waals surface area contributed by atoms with Crippen LogP contribution in [0.15, 0.2) is 30.3 Å². The van der Waals surface area contributed by atoms with Crippen molar-refractivity contribution in [1.82, 2.24) is 9.80 Å². The number of carbonyl (C=O) groups is 3. The number of likely N-dealkylation sites (N-methyl/N-ethyl adjacent to an activating group) is 2. The molecule has 1 aromatic rings. The van der Waals surface area contributed by atoms with Crippen LogP contribution in [0.2, 0.25) is 0 Å². The molecule has 0 saturated heterocycles. The largest absolute Gasteiger partial charge is 0.467 e. The lowest BCUT2D eigenvalue weighted by Crippen LogP contribution is -2.54. The second kappa shape index (κ2) is 14.9. The zero-order valence-electron chi connectivity index (χ0n) is 19.9. The average Bonchev–Trinajstić information content (AvgIpc) is 2.82. The number of nitrogens with zero attached hydrogens (tertiary/aromatic N) is 2. The Bertz CT molecular complexity index is 797. The van der Waals surface area contributed by atoms with E-state index in [9.17, 15) is 14.4 Å². The summed E-state index contributed by atoms with van der Waals surface area (Å²) in [5.74, 6) is -1.75. The van der Waals surface area contributed by atoms with Crippen molar-refractivity contribution in [3.05, 3.63) is 35.9 Å². The summed E-state index contributed by atoms with van der Waals surface area (Å²) in [5, 5.41) is 0. The minimum atomic E-state index is -0.992. The summed E-state index contributed by atoms with van der Waals surface area (Å²) in [5.41, 5.74) is 0.802. The second-order valence-corrected chi connectivity index (χ2v) is 10.6. The lowest BCUT2D eigenvalue weighted by atomic mass is 9.98. The van der Waals surface area contributed by atoms with Gasteiger partial charge in [-0.2, -0.15) is 0 Å². The van der Waals surface area contributed by atoms with Gasteiger partial charge in [0.1, 0.15) is 28.4 Å². The number of rotatable bonds is 12. The second-order valence-electron chi connectivity index (χ2n) is 8.25. The van der Waals surface area contributed by atoms with Crippen LogP contribution in [0.1, 0.15) is 32.3 Å². The summed E-state index contributed by atoms with van der Waals surface area (Å²) < 4.78 is 10.3. The normalized spacial score (nSPS) is 14.8. The molecule has 0 N–H and O–H groups in total. The van der Waals surface area contributed by atoms with Gasteiger partial charge in [0.25, 0.3) is 0 Å². The molecule has 0 saturated carbocycles. The molecule has 192 valence electrons. The highest BCUT2D eigenvalue weighted by molar-refractivity contribution is 6.44. The highest BCUT2D eigenvalue weighted by Crippen LogP contribution is 2.26. The third-order valence-corrected chi connectivity index (χ3v) is 7.31. The molecule has 2 amide bonds. The Kier molecular flexibility index (Phi) is 13.4. The van der Waals surface area contributed by atoms with Crippen molar-refractivity contribution >= 4 is 64.4 Å². The number of hydrogen-bond donors (Lipinski definition) is 0. The number of ether oxygens (including phenoxy) is 2. The topological polar surface area (TPSA) is 76.2 Å². The van der Waals surface area contributed by atoms with Crippen molar-refractivity contribution in [2.75, 3.05) is 21.2 Å². The van der Waals surface area contributed by atoms with E-state index in [-0.39, 0.29) is 31.3 Å². The Labute approximate surface area is 221 Å². The van der Waals surface area contributed by atoms with Gasteiger partial charge in [-0.3, -0.25) is 9.69 Å². The van der Waals surface area contributed by atoms with Crippen molar-refractivity contribution < 1.29 is 23.9 Å². The molecule has 1 aromatic carbocycles. The van der Waals surface area contributed by atoms with Crippen molar-refractivity contribution in [3.63, 3.8) is 0 Å². The minimum absolute atomic E-state index is 0.0408. The molecule has 0 aliphatic heterocycles. The van der Waals surface area contributed by atoms with Gasteiger partial charge in [-0.15, -0.1) is 46.4 Å². The third-order valence-electron chi connectivity index (χ3n) is 5.58. The van der Waals surface area contributed by atoms with Crippen LogP contribution in [0.5, 0.6) is 0 Å². The van der Waals surface area contributed by atoms with Crippen molar-refractivity contribution in [2.24, 2.45) is 11.8 Å². The van der Waals surface area contributed by atoms with E-state index in [2.05, 4.69) is 0 Å². The van der Waals surface area contributed by atoms with Crippen molar-refractivity contribution in [2.45, 2.75) is 55.1 Å². The Morgan fingerprint density at radius 1 is 0.853 bits per heavy atom. The summed E-state index contributed by atoms with van der Waals surface area (Å²) in [4.78, 5) is 39.8. The van der Waals surface area contributed by atoms with Gasteiger partial charge < -0.3 is 14.4 Å². The minimum Gasteiger partial charge on any atom is -0.467 e. The van der Waals surface area contributed by atoms with Crippen molar-refractivity contribution in [3.8, 4) is 0 Å². The van der Waals surface area contributed by atoms with E-state index < -0.39 is 39.7 Å². The molecule has 0 radical (unpaired) electrons. The number of methoxy groups -OCH3 is 1. The van der Waals surface area contributed by atoms with Gasteiger partial charge in [-0.05, 0) is 30.2 Å². The first-order valence-corrected chi connectivity index (χ1v) is 12.5. The predicted octanol–water partition coefficient (Wildman–Crippen LogP) is 5.28. The summed E-state index contributed by atoms with van der Waals surface area (Å²) in [6.07, 6.45) is -0.382. The standard InChI is InChI=1S/C23H32Cl4N2O5/c1-14(19(24)25)11-17(29(4)23(32)34-13-16-9-7-6-8-10-16)21(30)28(3)18(22(31)33-5)12-15(2)20(26)27/h6-10,14-15,17-20H,11-13H2,1-5H3/t14-,15-,17-,18-/m0/s1. The number of halogens is 4. The molecular formula is C23H32Cl4N2O5. The maximum atomic E-state index is 13.6. The summed E-state index contributed by atoms with van der Waals surface area (Å²) >= 11 is 24.0. The van der Waals surface area contributed by atoms with Gasteiger partial charge in [0.05, 0.1) is 7.11 Å². The Balaban J connectivity index is 3.12. The highest BCUT2D eigenvalue weighted by Gasteiger charge is 2.38. The fraction of sp³-hybridized carbons (Fsp3) is 0.609. The zero-order chi connectivity index (χ0) is 26.0. The molecule has 1 rings (SSSR count). The number of hydrogen-bond acceptors (Lipinski definition) is 5. The number of carbonyl (C=O) groups excluding carboxylic acids is 3. The van der Waals surface area contributed by atoms with E-state index >= 15 is 0 Å². The van der Waals surface area contributed by atoms with Gasteiger partial charge in [-0.25, -0.2) is 9.59 Å². The van der Waals surface area contributed by atoms with Gasteiger partial charge in [0.2, 0.25) is 5.91 Å². The first kappa shape index (κ1) is 30.6. The maximum absolute atomic E-state index is 13.6. The molecule has 0 aromatic heterocycles.